The molecule has 2 aromatic carbocycles. The zero-order valence-corrected chi connectivity index (χ0v) is 16.2. The molecule has 0 unspecified atom stereocenters. The molecular weight excluding hydrogens is 388 g/mol. The summed E-state index contributed by atoms with van der Waals surface area (Å²) in [7, 11) is 1.54. The Kier molecular flexibility index (Phi) is 8.16. The molecule has 0 radical (unpaired) electrons. The second-order valence-electron chi connectivity index (χ2n) is 5.45. The van der Waals surface area contributed by atoms with E-state index < -0.39 is 11.9 Å². The van der Waals surface area contributed by atoms with Crippen molar-refractivity contribution in [3.05, 3.63) is 64.7 Å². The van der Waals surface area contributed by atoms with Crippen LogP contribution in [0.5, 0.6) is 0 Å². The zero-order chi connectivity index (χ0) is 19.6. The fourth-order valence-corrected chi connectivity index (χ4v) is 3.20. The van der Waals surface area contributed by atoms with Gasteiger partial charge in [0, 0.05) is 29.1 Å². The third-order valence-corrected chi connectivity index (χ3v) is 4.78. The van der Waals surface area contributed by atoms with E-state index in [0.29, 0.717) is 22.0 Å². The van der Waals surface area contributed by atoms with Gasteiger partial charge in [0.2, 0.25) is 0 Å². The van der Waals surface area contributed by atoms with Crippen LogP contribution in [0.2, 0.25) is 5.02 Å². The number of ether oxygens (including phenoxy) is 1. The summed E-state index contributed by atoms with van der Waals surface area (Å²) in [6, 6.07) is 13.8. The summed E-state index contributed by atoms with van der Waals surface area (Å²) in [4.78, 5) is 35.0. The average Bonchev–Trinajstić information content (AvgIpc) is 2.68. The van der Waals surface area contributed by atoms with E-state index in [2.05, 4.69) is 10.6 Å². The van der Waals surface area contributed by atoms with Gasteiger partial charge in [0.25, 0.3) is 11.8 Å². The van der Waals surface area contributed by atoms with E-state index in [1.165, 1.54) is 11.8 Å². The van der Waals surface area contributed by atoms with Gasteiger partial charge in [-0.05, 0) is 35.9 Å². The van der Waals surface area contributed by atoms with Crippen molar-refractivity contribution in [2.45, 2.75) is 5.75 Å². The number of amides is 2. The first-order valence-electron chi connectivity index (χ1n) is 8.08. The lowest BCUT2D eigenvalue weighted by atomic mass is 10.2. The molecule has 2 rings (SSSR count). The number of hydrogen-bond donors (Lipinski definition) is 2. The van der Waals surface area contributed by atoms with Crippen LogP contribution in [0.3, 0.4) is 0 Å². The quantitative estimate of drug-likeness (QED) is 0.658. The van der Waals surface area contributed by atoms with Crippen LogP contribution >= 0.6 is 23.4 Å². The van der Waals surface area contributed by atoms with Crippen LogP contribution in [-0.4, -0.2) is 37.2 Å². The number of carbonyl (C=O) groups excluding carboxylic acids is 3. The molecule has 27 heavy (non-hydrogen) atoms. The molecule has 0 aliphatic carbocycles. The Morgan fingerprint density at radius 1 is 1.07 bits per heavy atom. The predicted octanol–water partition coefficient (Wildman–Crippen LogP) is 3.11. The topological polar surface area (TPSA) is 84.5 Å². The minimum atomic E-state index is -0.475. The average molecular weight is 407 g/mol. The molecule has 8 heteroatoms. The summed E-state index contributed by atoms with van der Waals surface area (Å²) in [5, 5.41) is 5.76. The molecule has 0 bridgehead atoms. The Morgan fingerprint density at radius 2 is 1.78 bits per heavy atom. The third kappa shape index (κ3) is 6.96. The highest BCUT2D eigenvalue weighted by atomic mass is 35.5. The molecule has 0 fully saturated rings. The van der Waals surface area contributed by atoms with Crippen molar-refractivity contribution in [2.24, 2.45) is 0 Å². The molecule has 0 aliphatic rings. The maximum absolute atomic E-state index is 11.8. The van der Waals surface area contributed by atoms with Crippen molar-refractivity contribution in [2.75, 3.05) is 24.7 Å². The summed E-state index contributed by atoms with van der Waals surface area (Å²) in [5.74, 6) is -0.432. The molecule has 2 N–H and O–H groups in total. The van der Waals surface area contributed by atoms with Gasteiger partial charge in [-0.3, -0.25) is 14.4 Å². The molecule has 2 aromatic rings. The fourth-order valence-electron chi connectivity index (χ4n) is 2.09. The second kappa shape index (κ2) is 10.6. The third-order valence-electron chi connectivity index (χ3n) is 3.46. The predicted molar refractivity (Wildman–Crippen MR) is 107 cm³/mol. The normalized spacial score (nSPS) is 10.1. The van der Waals surface area contributed by atoms with Crippen LogP contribution < -0.4 is 10.6 Å². The maximum Gasteiger partial charge on any atom is 0.316 e. The molecular formula is C19H19ClN2O4S. The molecule has 142 valence electrons. The highest BCUT2D eigenvalue weighted by molar-refractivity contribution is 7.99. The smallest absolute Gasteiger partial charge is 0.316 e. The SMILES string of the molecule is CNC(=O)c1ccc(NC(=O)COC(=O)CSCc2ccccc2Cl)cc1. The zero-order valence-electron chi connectivity index (χ0n) is 14.7. The van der Waals surface area contributed by atoms with Crippen LogP contribution in [0.15, 0.2) is 48.5 Å². The van der Waals surface area contributed by atoms with Crippen molar-refractivity contribution in [3.8, 4) is 0 Å². The number of thioether (sulfide) groups is 1. The van der Waals surface area contributed by atoms with Gasteiger partial charge < -0.3 is 15.4 Å². The van der Waals surface area contributed by atoms with Crippen molar-refractivity contribution in [3.63, 3.8) is 0 Å². The number of benzene rings is 2. The van der Waals surface area contributed by atoms with Gasteiger partial charge in [-0.2, -0.15) is 0 Å². The summed E-state index contributed by atoms with van der Waals surface area (Å²) >= 11 is 7.41. The Hall–Kier alpha value is -2.51. The summed E-state index contributed by atoms with van der Waals surface area (Å²) in [6.45, 7) is -0.372. The molecule has 0 saturated carbocycles. The van der Waals surface area contributed by atoms with Crippen molar-refractivity contribution in [1.82, 2.24) is 5.32 Å². The highest BCUT2D eigenvalue weighted by Crippen LogP contribution is 2.20. The number of esters is 1. The van der Waals surface area contributed by atoms with E-state index in [0.717, 1.165) is 5.56 Å². The summed E-state index contributed by atoms with van der Waals surface area (Å²) in [6.07, 6.45) is 0. The fraction of sp³-hybridized carbons (Fsp3) is 0.211. The number of nitrogens with one attached hydrogen (secondary N) is 2. The van der Waals surface area contributed by atoms with Crippen LogP contribution in [0.25, 0.3) is 0 Å². The van der Waals surface area contributed by atoms with Crippen molar-refractivity contribution in [1.29, 1.82) is 0 Å². The number of carbonyl (C=O) groups is 3. The number of hydrogen-bond acceptors (Lipinski definition) is 5. The van der Waals surface area contributed by atoms with Gasteiger partial charge in [0.15, 0.2) is 6.61 Å². The van der Waals surface area contributed by atoms with Crippen molar-refractivity contribution < 1.29 is 19.1 Å². The monoisotopic (exact) mass is 406 g/mol. The molecule has 0 aliphatic heterocycles. The van der Waals surface area contributed by atoms with Crippen LogP contribution in [0, 0.1) is 0 Å². The van der Waals surface area contributed by atoms with E-state index in [1.807, 2.05) is 18.2 Å². The van der Waals surface area contributed by atoms with Gasteiger partial charge in [0.05, 0.1) is 5.75 Å². The van der Waals surface area contributed by atoms with Crippen LogP contribution in [0.4, 0.5) is 5.69 Å². The Labute approximate surface area is 166 Å². The molecule has 0 atom stereocenters. The van der Waals surface area contributed by atoms with Crippen LogP contribution in [0.1, 0.15) is 15.9 Å². The first kappa shape index (κ1) is 20.8. The maximum atomic E-state index is 11.8. The standard InChI is InChI=1S/C19H19ClN2O4S/c1-21-19(25)13-6-8-15(9-7-13)22-17(23)10-26-18(24)12-27-11-14-4-2-3-5-16(14)20/h2-9H,10-12H2,1H3,(H,21,25)(H,22,23). The number of rotatable bonds is 8. The number of anilines is 1. The molecule has 0 aromatic heterocycles. The molecule has 0 heterocycles. The minimum absolute atomic E-state index is 0.124. The molecule has 2 amide bonds. The summed E-state index contributed by atoms with van der Waals surface area (Å²) in [5.41, 5.74) is 1.93. The van der Waals surface area contributed by atoms with E-state index in [4.69, 9.17) is 16.3 Å². The van der Waals surface area contributed by atoms with Gasteiger partial charge in [0.1, 0.15) is 0 Å². The largest absolute Gasteiger partial charge is 0.455 e. The van der Waals surface area contributed by atoms with E-state index >= 15 is 0 Å². The second-order valence-corrected chi connectivity index (χ2v) is 6.84. The molecule has 6 nitrogen and oxygen atoms in total. The minimum Gasteiger partial charge on any atom is -0.455 e. The lowest BCUT2D eigenvalue weighted by Crippen LogP contribution is -2.22. The van der Waals surface area contributed by atoms with Crippen molar-refractivity contribution >= 4 is 46.8 Å². The Bertz CT molecular complexity index is 812. The van der Waals surface area contributed by atoms with Gasteiger partial charge in [-0.25, -0.2) is 0 Å². The van der Waals surface area contributed by atoms with Crippen LogP contribution in [-0.2, 0) is 20.1 Å². The first-order valence-corrected chi connectivity index (χ1v) is 9.61. The molecule has 0 saturated heterocycles. The Balaban J connectivity index is 1.69. The first-order chi connectivity index (χ1) is 13.0. The van der Waals surface area contributed by atoms with E-state index in [9.17, 15) is 14.4 Å². The lowest BCUT2D eigenvalue weighted by Gasteiger charge is -2.08. The highest BCUT2D eigenvalue weighted by Gasteiger charge is 2.09. The van der Waals surface area contributed by atoms with Gasteiger partial charge in [-0.1, -0.05) is 29.8 Å². The van der Waals surface area contributed by atoms with E-state index in [1.54, 1.807) is 37.4 Å². The Morgan fingerprint density at radius 3 is 2.44 bits per heavy atom. The van der Waals surface area contributed by atoms with E-state index in [-0.39, 0.29) is 18.3 Å². The lowest BCUT2D eigenvalue weighted by molar-refractivity contribution is -0.144. The summed E-state index contributed by atoms with van der Waals surface area (Å²) < 4.78 is 4.95. The number of halogens is 1. The molecule has 0 spiro atoms. The van der Waals surface area contributed by atoms with Gasteiger partial charge >= 0.3 is 5.97 Å². The van der Waals surface area contributed by atoms with Gasteiger partial charge in [-0.15, -0.1) is 11.8 Å².